The maximum atomic E-state index is 6.53. The molecule has 98 valence electrons. The Morgan fingerprint density at radius 1 is 1.06 bits per heavy atom. The average molecular weight is 247 g/mol. The highest BCUT2D eigenvalue weighted by Gasteiger charge is 2.29. The van der Waals surface area contributed by atoms with Crippen molar-refractivity contribution in [1.29, 1.82) is 0 Å². The molecular formula is C15H21NO2. The van der Waals surface area contributed by atoms with Gasteiger partial charge in [0.15, 0.2) is 0 Å². The molecule has 0 radical (unpaired) electrons. The summed E-state index contributed by atoms with van der Waals surface area (Å²) in [7, 11) is 0. The standard InChI is InChI=1S/C15H21NO2/c16-15(8-2-1-3-9-15)13-6-4-12(5-7-13)14-10-17-11-18-14/h4-7,14H,1-3,8-11,16H2. The molecule has 1 atom stereocenters. The summed E-state index contributed by atoms with van der Waals surface area (Å²) in [6.07, 6.45) is 6.13. The van der Waals surface area contributed by atoms with Gasteiger partial charge in [-0.3, -0.25) is 0 Å². The number of hydrogen-bond acceptors (Lipinski definition) is 3. The first-order valence-electron chi connectivity index (χ1n) is 6.87. The maximum Gasteiger partial charge on any atom is 0.147 e. The molecule has 1 aliphatic heterocycles. The molecule has 2 aliphatic rings. The number of nitrogens with two attached hydrogens (primary N) is 1. The van der Waals surface area contributed by atoms with E-state index in [2.05, 4.69) is 24.3 Å². The molecular weight excluding hydrogens is 226 g/mol. The van der Waals surface area contributed by atoms with Gasteiger partial charge in [0.25, 0.3) is 0 Å². The second-order valence-electron chi connectivity index (χ2n) is 5.48. The molecule has 1 saturated heterocycles. The monoisotopic (exact) mass is 247 g/mol. The molecule has 0 aromatic heterocycles. The van der Waals surface area contributed by atoms with Gasteiger partial charge in [0.05, 0.1) is 6.61 Å². The molecule has 3 heteroatoms. The van der Waals surface area contributed by atoms with Crippen LogP contribution in [0.2, 0.25) is 0 Å². The predicted octanol–water partition coefficient (Wildman–Crippen LogP) is 2.85. The van der Waals surface area contributed by atoms with E-state index in [4.69, 9.17) is 15.2 Å². The Kier molecular flexibility index (Phi) is 3.37. The van der Waals surface area contributed by atoms with Crippen LogP contribution >= 0.6 is 0 Å². The highest BCUT2D eigenvalue weighted by Crippen LogP contribution is 2.35. The second kappa shape index (κ2) is 5.00. The Labute approximate surface area is 108 Å². The molecule has 0 amide bonds. The summed E-state index contributed by atoms with van der Waals surface area (Å²) in [5.74, 6) is 0. The smallest absolute Gasteiger partial charge is 0.147 e. The van der Waals surface area contributed by atoms with Crippen molar-refractivity contribution in [2.75, 3.05) is 13.4 Å². The molecule has 2 fully saturated rings. The molecule has 0 spiro atoms. The molecule has 1 aromatic rings. The fourth-order valence-electron chi connectivity index (χ4n) is 3.03. The van der Waals surface area contributed by atoms with E-state index in [9.17, 15) is 0 Å². The summed E-state index contributed by atoms with van der Waals surface area (Å²) in [5, 5.41) is 0. The van der Waals surface area contributed by atoms with Gasteiger partial charge in [-0.15, -0.1) is 0 Å². The van der Waals surface area contributed by atoms with Crippen LogP contribution < -0.4 is 5.73 Å². The Morgan fingerprint density at radius 3 is 2.39 bits per heavy atom. The van der Waals surface area contributed by atoms with Crippen LogP contribution in [-0.2, 0) is 15.0 Å². The normalized spacial score (nSPS) is 27.3. The number of benzene rings is 1. The number of rotatable bonds is 2. The summed E-state index contributed by atoms with van der Waals surface area (Å²) >= 11 is 0. The van der Waals surface area contributed by atoms with Crippen molar-refractivity contribution < 1.29 is 9.47 Å². The van der Waals surface area contributed by atoms with E-state index in [-0.39, 0.29) is 11.6 Å². The fourth-order valence-corrected chi connectivity index (χ4v) is 3.03. The van der Waals surface area contributed by atoms with Crippen LogP contribution in [0.3, 0.4) is 0 Å². The third kappa shape index (κ3) is 2.30. The zero-order chi connectivity index (χ0) is 12.4. The lowest BCUT2D eigenvalue weighted by Gasteiger charge is -2.34. The topological polar surface area (TPSA) is 44.5 Å². The highest BCUT2D eigenvalue weighted by atomic mass is 16.7. The lowest BCUT2D eigenvalue weighted by atomic mass is 9.77. The van der Waals surface area contributed by atoms with Crippen molar-refractivity contribution in [3.05, 3.63) is 35.4 Å². The van der Waals surface area contributed by atoms with Crippen LogP contribution in [0.5, 0.6) is 0 Å². The third-order valence-electron chi connectivity index (χ3n) is 4.22. The molecule has 1 unspecified atom stereocenters. The molecule has 1 heterocycles. The minimum absolute atomic E-state index is 0.0964. The molecule has 1 aromatic carbocycles. The van der Waals surface area contributed by atoms with Crippen molar-refractivity contribution >= 4 is 0 Å². The largest absolute Gasteiger partial charge is 0.352 e. The van der Waals surface area contributed by atoms with Gasteiger partial charge in [-0.2, -0.15) is 0 Å². The Morgan fingerprint density at radius 2 is 1.78 bits per heavy atom. The first kappa shape index (κ1) is 12.2. The zero-order valence-corrected chi connectivity index (χ0v) is 10.7. The van der Waals surface area contributed by atoms with Crippen LogP contribution in [-0.4, -0.2) is 13.4 Å². The van der Waals surface area contributed by atoms with Gasteiger partial charge in [-0.25, -0.2) is 0 Å². The van der Waals surface area contributed by atoms with Crippen molar-refractivity contribution in [2.45, 2.75) is 43.7 Å². The Bertz CT molecular complexity index is 389. The molecule has 18 heavy (non-hydrogen) atoms. The van der Waals surface area contributed by atoms with Gasteiger partial charge in [-0.1, -0.05) is 43.5 Å². The van der Waals surface area contributed by atoms with E-state index in [0.29, 0.717) is 13.4 Å². The van der Waals surface area contributed by atoms with E-state index < -0.39 is 0 Å². The van der Waals surface area contributed by atoms with Gasteiger partial charge >= 0.3 is 0 Å². The van der Waals surface area contributed by atoms with Gasteiger partial charge in [-0.05, 0) is 24.0 Å². The fraction of sp³-hybridized carbons (Fsp3) is 0.600. The van der Waals surface area contributed by atoms with Gasteiger partial charge in [0.1, 0.15) is 12.9 Å². The minimum Gasteiger partial charge on any atom is -0.352 e. The van der Waals surface area contributed by atoms with Gasteiger partial charge in [0, 0.05) is 5.54 Å². The molecule has 0 bridgehead atoms. The van der Waals surface area contributed by atoms with E-state index in [1.54, 1.807) is 0 Å². The number of hydrogen-bond donors (Lipinski definition) is 1. The summed E-state index contributed by atoms with van der Waals surface area (Å²) in [5.41, 5.74) is 8.88. The second-order valence-corrected chi connectivity index (χ2v) is 5.48. The third-order valence-corrected chi connectivity index (χ3v) is 4.22. The Balaban J connectivity index is 1.77. The van der Waals surface area contributed by atoms with E-state index in [1.807, 2.05) is 0 Å². The van der Waals surface area contributed by atoms with Crippen LogP contribution in [0, 0.1) is 0 Å². The average Bonchev–Trinajstić information content (AvgIpc) is 2.94. The number of ether oxygens (including phenoxy) is 2. The first-order valence-corrected chi connectivity index (χ1v) is 6.87. The van der Waals surface area contributed by atoms with Crippen LogP contribution in [0.4, 0.5) is 0 Å². The Hall–Kier alpha value is -0.900. The zero-order valence-electron chi connectivity index (χ0n) is 10.7. The molecule has 3 rings (SSSR count). The van der Waals surface area contributed by atoms with Crippen molar-refractivity contribution in [2.24, 2.45) is 5.73 Å². The quantitative estimate of drug-likeness (QED) is 0.874. The summed E-state index contributed by atoms with van der Waals surface area (Å²) < 4.78 is 10.7. The maximum absolute atomic E-state index is 6.53. The minimum atomic E-state index is -0.107. The van der Waals surface area contributed by atoms with Gasteiger partial charge in [0.2, 0.25) is 0 Å². The van der Waals surface area contributed by atoms with Crippen LogP contribution in [0.15, 0.2) is 24.3 Å². The summed E-state index contributed by atoms with van der Waals surface area (Å²) in [6, 6.07) is 8.61. The molecule has 2 N–H and O–H groups in total. The molecule has 1 saturated carbocycles. The first-order chi connectivity index (χ1) is 8.78. The van der Waals surface area contributed by atoms with Gasteiger partial charge < -0.3 is 15.2 Å². The lowest BCUT2D eigenvalue weighted by molar-refractivity contribution is 0.0466. The summed E-state index contributed by atoms with van der Waals surface area (Å²) in [4.78, 5) is 0. The van der Waals surface area contributed by atoms with Crippen molar-refractivity contribution in [1.82, 2.24) is 0 Å². The van der Waals surface area contributed by atoms with E-state index in [0.717, 1.165) is 12.8 Å². The van der Waals surface area contributed by atoms with Crippen molar-refractivity contribution in [3.63, 3.8) is 0 Å². The van der Waals surface area contributed by atoms with E-state index in [1.165, 1.54) is 30.4 Å². The summed E-state index contributed by atoms with van der Waals surface area (Å²) in [6.45, 7) is 1.07. The van der Waals surface area contributed by atoms with Crippen molar-refractivity contribution in [3.8, 4) is 0 Å². The van der Waals surface area contributed by atoms with E-state index >= 15 is 0 Å². The predicted molar refractivity (Wildman–Crippen MR) is 70.0 cm³/mol. The van der Waals surface area contributed by atoms with Crippen LogP contribution in [0.1, 0.15) is 49.3 Å². The molecule has 3 nitrogen and oxygen atoms in total. The highest BCUT2D eigenvalue weighted by molar-refractivity contribution is 5.30. The van der Waals surface area contributed by atoms with Crippen LogP contribution in [0.25, 0.3) is 0 Å². The SMILES string of the molecule is NC1(c2ccc(C3COCO3)cc2)CCCCC1. The molecule has 1 aliphatic carbocycles. The lowest BCUT2D eigenvalue weighted by Crippen LogP contribution is -2.38.